The van der Waals surface area contributed by atoms with E-state index in [2.05, 4.69) is 41.5 Å². The lowest BCUT2D eigenvalue weighted by atomic mass is 9.51. The summed E-state index contributed by atoms with van der Waals surface area (Å²) >= 11 is 0. The Labute approximate surface area is 766 Å². The van der Waals surface area contributed by atoms with Gasteiger partial charge in [-0.25, -0.2) is 0 Å². The molecule has 0 aliphatic heterocycles. The highest BCUT2D eigenvalue weighted by molar-refractivity contribution is 4.99. The van der Waals surface area contributed by atoms with Gasteiger partial charge in [-0.05, 0) is 49.4 Å². The van der Waals surface area contributed by atoms with Crippen LogP contribution in [0.15, 0.2) is 0 Å². The summed E-state index contributed by atoms with van der Waals surface area (Å²) in [5.74, 6) is 0. The smallest absolute Gasteiger partial charge is 0.0241 e. The molecule has 0 aromatic carbocycles. The van der Waals surface area contributed by atoms with Crippen LogP contribution in [0.3, 0.4) is 0 Å². The Balaban J connectivity index is 6.92. The average Bonchev–Trinajstić information content (AvgIpc) is 0.768. The molecule has 0 saturated heterocycles. The first-order valence-electron chi connectivity index (χ1n) is 59.6. The van der Waals surface area contributed by atoms with Gasteiger partial charge in [0.15, 0.2) is 0 Å². The van der Waals surface area contributed by atoms with Crippen LogP contribution in [0.25, 0.3) is 0 Å². The quantitative estimate of drug-likeness (QED) is 0.0533. The molecule has 2 atom stereocenters. The fraction of sp³-hybridized carbons (Fsp3) is 1.00. The molecule has 0 N–H and O–H groups in total. The first-order valence-corrected chi connectivity index (χ1v) is 59.6. The summed E-state index contributed by atoms with van der Waals surface area (Å²) < 4.78 is 0. The highest BCUT2D eigenvalue weighted by Crippen LogP contribution is 2.59. The number of hydrogen-bond acceptors (Lipinski definition) is 0. The number of hydrogen-bond donors (Lipinski definition) is 0. The second-order valence-corrected chi connectivity index (χ2v) is 42.4. The van der Waals surface area contributed by atoms with Gasteiger partial charge in [0.25, 0.3) is 0 Å². The third kappa shape index (κ3) is 91.3. The SMILES string of the molecule is CCCCCCCCCCCCCCCCCCCCCCC(CCCCCCCCCCCCCCCCC)(CCCCCCCCCCCCCCCCCC)C(CCCCCCCCCCCCCCCCCCC)(CCCCCCCCCCCCCCCCCCCC)CCCCCCCCCCCCCCCCCCCCCC. The molecular weight excluding hydrogens is 1440 g/mol. The van der Waals surface area contributed by atoms with Gasteiger partial charge >= 0.3 is 0 Å². The van der Waals surface area contributed by atoms with Crippen LogP contribution < -0.4 is 0 Å². The lowest BCUT2D eigenvalue weighted by Gasteiger charge is -2.53. The molecule has 0 fully saturated rings. The van der Waals surface area contributed by atoms with Crippen molar-refractivity contribution in [3.63, 3.8) is 0 Å². The topological polar surface area (TPSA) is 0 Å². The molecule has 2 unspecified atom stereocenters. The molecule has 0 radical (unpaired) electrons. The van der Waals surface area contributed by atoms with Gasteiger partial charge in [-0.2, -0.15) is 0 Å². The Morgan fingerprint density at radius 3 is 0.175 bits per heavy atom. The maximum Gasteiger partial charge on any atom is -0.0241 e. The van der Waals surface area contributed by atoms with E-state index in [-0.39, 0.29) is 0 Å². The van der Waals surface area contributed by atoms with Crippen molar-refractivity contribution in [1.29, 1.82) is 0 Å². The minimum absolute atomic E-state index is 0.533. The predicted molar refractivity (Wildman–Crippen MR) is 556 cm³/mol. The zero-order chi connectivity index (χ0) is 86.2. The van der Waals surface area contributed by atoms with E-state index in [0.717, 1.165) is 0 Å². The van der Waals surface area contributed by atoms with E-state index < -0.39 is 0 Å². The van der Waals surface area contributed by atoms with Crippen LogP contribution in [0.2, 0.25) is 0 Å². The summed E-state index contributed by atoms with van der Waals surface area (Å²) in [6.45, 7) is 14.1. The zero-order valence-corrected chi connectivity index (χ0v) is 86.2. The highest BCUT2D eigenvalue weighted by atomic mass is 14.5. The van der Waals surface area contributed by atoms with Crippen molar-refractivity contribution in [2.75, 3.05) is 0 Å². The molecule has 0 rings (SSSR count). The van der Waals surface area contributed by atoms with Gasteiger partial charge in [-0.1, -0.05) is 722 Å². The van der Waals surface area contributed by atoms with E-state index in [9.17, 15) is 0 Å². The first-order chi connectivity index (χ1) is 59.6. The van der Waals surface area contributed by atoms with Crippen LogP contribution in [-0.2, 0) is 0 Å². The molecule has 0 amide bonds. The molecule has 0 heterocycles. The Morgan fingerprint density at radius 2 is 0.117 bits per heavy atom. The van der Waals surface area contributed by atoms with Crippen LogP contribution >= 0.6 is 0 Å². The van der Waals surface area contributed by atoms with Crippen LogP contribution in [0.1, 0.15) is 761 Å². The van der Waals surface area contributed by atoms with Crippen LogP contribution in [0, 0.1) is 10.8 Å². The van der Waals surface area contributed by atoms with E-state index in [1.54, 1.807) is 38.5 Å². The Morgan fingerprint density at radius 1 is 0.0667 bits per heavy atom. The summed E-state index contributed by atoms with van der Waals surface area (Å²) in [4.78, 5) is 0. The van der Waals surface area contributed by atoms with Crippen LogP contribution in [0.4, 0.5) is 0 Å². The van der Waals surface area contributed by atoms with Crippen molar-refractivity contribution in [3.05, 3.63) is 0 Å². The number of rotatable bonds is 113. The summed E-state index contributed by atoms with van der Waals surface area (Å²) in [5.41, 5.74) is 1.07. The minimum atomic E-state index is 0.533. The van der Waals surface area contributed by atoms with E-state index in [0.29, 0.717) is 10.8 Å². The monoisotopic (exact) mass is 1680 g/mol. The van der Waals surface area contributed by atoms with Crippen LogP contribution in [0.5, 0.6) is 0 Å². The predicted octanol–water partition coefficient (Wildman–Crippen LogP) is 46.8. The Bertz CT molecular complexity index is 1660. The van der Waals surface area contributed by atoms with Gasteiger partial charge in [0.2, 0.25) is 0 Å². The van der Waals surface area contributed by atoms with Crippen molar-refractivity contribution < 1.29 is 0 Å². The molecule has 120 heavy (non-hydrogen) atoms. The van der Waals surface area contributed by atoms with Gasteiger partial charge in [0, 0.05) is 0 Å². The molecule has 0 bridgehead atoms. The normalized spacial score (nSPS) is 12.9. The fourth-order valence-corrected chi connectivity index (χ4v) is 22.2. The summed E-state index contributed by atoms with van der Waals surface area (Å²) in [7, 11) is 0. The van der Waals surface area contributed by atoms with Crippen molar-refractivity contribution in [2.24, 2.45) is 10.8 Å². The Hall–Kier alpha value is 0. The van der Waals surface area contributed by atoms with E-state index in [1.807, 2.05) is 0 Å². The maximum absolute atomic E-state index is 2.36. The van der Waals surface area contributed by atoms with Crippen LogP contribution in [-0.4, -0.2) is 0 Å². The number of unbranched alkanes of at least 4 members (excludes halogenated alkanes) is 100. The summed E-state index contributed by atoms with van der Waals surface area (Å²) in [5, 5.41) is 0. The van der Waals surface area contributed by atoms with Crippen molar-refractivity contribution >= 4 is 0 Å². The van der Waals surface area contributed by atoms with Crippen molar-refractivity contribution in [2.45, 2.75) is 761 Å². The van der Waals surface area contributed by atoms with Gasteiger partial charge in [-0.3, -0.25) is 0 Å². The molecule has 0 saturated carbocycles. The second-order valence-electron chi connectivity index (χ2n) is 42.4. The average molecular weight is 1690 g/mol. The van der Waals surface area contributed by atoms with Gasteiger partial charge in [0.1, 0.15) is 0 Å². The highest BCUT2D eigenvalue weighted by Gasteiger charge is 2.48. The largest absolute Gasteiger partial charge is 0.0654 e. The van der Waals surface area contributed by atoms with Crippen molar-refractivity contribution in [3.8, 4) is 0 Å². The van der Waals surface area contributed by atoms with Crippen molar-refractivity contribution in [1.82, 2.24) is 0 Å². The van der Waals surface area contributed by atoms with Gasteiger partial charge in [-0.15, -0.1) is 0 Å². The first kappa shape index (κ1) is 120. The summed E-state index contributed by atoms with van der Waals surface area (Å²) in [6.07, 6.45) is 167. The molecule has 0 aromatic rings. The molecule has 0 nitrogen and oxygen atoms in total. The lowest BCUT2D eigenvalue weighted by Crippen LogP contribution is -2.43. The Kier molecular flexibility index (Phi) is 108. The molecule has 0 aliphatic carbocycles. The molecule has 0 heteroatoms. The molecule has 0 aromatic heterocycles. The second kappa shape index (κ2) is 108. The molecule has 0 spiro atoms. The lowest BCUT2D eigenvalue weighted by molar-refractivity contribution is -0.0310. The zero-order valence-electron chi connectivity index (χ0n) is 86.2. The van der Waals surface area contributed by atoms with Gasteiger partial charge < -0.3 is 0 Å². The van der Waals surface area contributed by atoms with E-state index in [4.69, 9.17) is 0 Å². The van der Waals surface area contributed by atoms with E-state index >= 15 is 0 Å². The standard InChI is InChI=1S/C120H242/c1-7-13-19-25-31-37-43-49-55-60-63-65-69-75-81-87-93-99-105-111-116-119(113-107-101-95-89-83-77-71-54-48-42-36-30-24-18-12-6,114-108-102-96-90-84-78-72-59-53-47-41-35-29-23-17-11-5)120(115-109-103-97-91-85-79-73-67-58-52-46-40-34-28-22-16-10-4,117-110-104-98-92-86-80-74-68-62-57-51-45-39-33-27-21-15-9-3)118-112-106-100-94-88-82-76-70-66-64-61-56-50-44-38-32-26-20-14-8-2/h7-118H2,1-6H3. The minimum Gasteiger partial charge on any atom is -0.0654 e. The molecule has 0 aliphatic rings. The van der Waals surface area contributed by atoms with Gasteiger partial charge in [0.05, 0.1) is 0 Å². The summed E-state index contributed by atoms with van der Waals surface area (Å²) in [6, 6.07) is 0. The molecular formula is C120H242. The third-order valence-corrected chi connectivity index (χ3v) is 30.7. The third-order valence-electron chi connectivity index (χ3n) is 30.7. The van der Waals surface area contributed by atoms with E-state index in [1.165, 1.54) is 681 Å². The molecule has 722 valence electrons. The fourth-order valence-electron chi connectivity index (χ4n) is 22.2. The maximum atomic E-state index is 2.36.